The molecule has 1 aromatic carbocycles. The third-order valence-electron chi connectivity index (χ3n) is 4.84. The minimum atomic E-state index is -0.0601. The fourth-order valence-electron chi connectivity index (χ4n) is 3.19. The van der Waals surface area contributed by atoms with Crippen molar-refractivity contribution in [2.75, 3.05) is 18.9 Å². The van der Waals surface area contributed by atoms with Gasteiger partial charge in [-0.3, -0.25) is 4.79 Å². The number of benzene rings is 1. The largest absolute Gasteiger partial charge is 0.411 e. The van der Waals surface area contributed by atoms with E-state index in [1.807, 2.05) is 18.2 Å². The number of aromatic amines is 1. The summed E-state index contributed by atoms with van der Waals surface area (Å²) in [7, 11) is 0. The second-order valence-electron chi connectivity index (χ2n) is 6.74. The Morgan fingerprint density at radius 2 is 2.26 bits per heavy atom. The lowest BCUT2D eigenvalue weighted by molar-refractivity contribution is -0.119. The summed E-state index contributed by atoms with van der Waals surface area (Å²) in [5.41, 5.74) is 4.32. The SMILES string of the molecule is Cc1[nH]c2ccc(-c3nnc(SCC(=O)NC[C@H]4CCCO4)o3)cc2c1C. The number of nitrogens with one attached hydrogen (secondary N) is 2. The number of H-pyrrole nitrogens is 1. The molecule has 1 saturated heterocycles. The molecular formula is C19H22N4O3S. The van der Waals surface area contributed by atoms with Gasteiger partial charge in [0.1, 0.15) is 0 Å². The molecule has 0 bridgehead atoms. The first kappa shape index (κ1) is 18.1. The van der Waals surface area contributed by atoms with Crippen molar-refractivity contribution in [2.24, 2.45) is 0 Å². The topological polar surface area (TPSA) is 93.0 Å². The van der Waals surface area contributed by atoms with Gasteiger partial charge in [0.2, 0.25) is 11.8 Å². The molecule has 8 heteroatoms. The highest BCUT2D eigenvalue weighted by Crippen LogP contribution is 2.28. The van der Waals surface area contributed by atoms with Crippen LogP contribution in [-0.2, 0) is 9.53 Å². The summed E-state index contributed by atoms with van der Waals surface area (Å²) in [6, 6.07) is 6.01. The van der Waals surface area contributed by atoms with Crippen LogP contribution in [0.2, 0.25) is 0 Å². The molecule has 3 aromatic rings. The number of ether oxygens (including phenoxy) is 1. The maximum absolute atomic E-state index is 12.0. The molecule has 0 spiro atoms. The summed E-state index contributed by atoms with van der Waals surface area (Å²) in [6.45, 7) is 5.49. The van der Waals surface area contributed by atoms with Crippen LogP contribution < -0.4 is 5.32 Å². The number of amides is 1. The highest BCUT2D eigenvalue weighted by molar-refractivity contribution is 7.99. The van der Waals surface area contributed by atoms with Crippen molar-refractivity contribution in [3.05, 3.63) is 29.5 Å². The number of nitrogens with zero attached hydrogens (tertiary/aromatic N) is 2. The molecule has 0 radical (unpaired) electrons. The normalized spacial score (nSPS) is 16.9. The third-order valence-corrected chi connectivity index (χ3v) is 5.66. The van der Waals surface area contributed by atoms with Crippen LogP contribution in [0.5, 0.6) is 0 Å². The van der Waals surface area contributed by atoms with E-state index in [4.69, 9.17) is 9.15 Å². The van der Waals surface area contributed by atoms with Crippen molar-refractivity contribution in [1.29, 1.82) is 0 Å². The van der Waals surface area contributed by atoms with Gasteiger partial charge in [-0.2, -0.15) is 0 Å². The van der Waals surface area contributed by atoms with Crippen LogP contribution in [-0.4, -0.2) is 46.1 Å². The van der Waals surface area contributed by atoms with Gasteiger partial charge >= 0.3 is 0 Å². The maximum Gasteiger partial charge on any atom is 0.277 e. The van der Waals surface area contributed by atoms with Gasteiger partial charge in [0.05, 0.1) is 11.9 Å². The number of fused-ring (bicyclic) bond motifs is 1. The minimum Gasteiger partial charge on any atom is -0.411 e. The molecule has 3 heterocycles. The number of carbonyl (C=O) groups excluding carboxylic acids is 1. The van der Waals surface area contributed by atoms with Gasteiger partial charge in [0.15, 0.2) is 0 Å². The zero-order chi connectivity index (χ0) is 18.8. The predicted octanol–water partition coefficient (Wildman–Crippen LogP) is 3.22. The Morgan fingerprint density at radius 1 is 1.37 bits per heavy atom. The van der Waals surface area contributed by atoms with Crippen LogP contribution in [0.3, 0.4) is 0 Å². The smallest absolute Gasteiger partial charge is 0.277 e. The summed E-state index contributed by atoms with van der Waals surface area (Å²) in [5, 5.41) is 12.6. The monoisotopic (exact) mass is 386 g/mol. The number of hydrogen-bond acceptors (Lipinski definition) is 6. The average Bonchev–Trinajstić information content (AvgIpc) is 3.40. The van der Waals surface area contributed by atoms with Crippen LogP contribution in [0, 0.1) is 13.8 Å². The Morgan fingerprint density at radius 3 is 3.07 bits per heavy atom. The zero-order valence-electron chi connectivity index (χ0n) is 15.4. The molecule has 0 aliphatic carbocycles. The van der Waals surface area contributed by atoms with E-state index >= 15 is 0 Å². The molecule has 27 heavy (non-hydrogen) atoms. The second kappa shape index (κ2) is 7.74. The number of carbonyl (C=O) groups is 1. The zero-order valence-corrected chi connectivity index (χ0v) is 16.2. The van der Waals surface area contributed by atoms with E-state index in [-0.39, 0.29) is 17.8 Å². The minimum absolute atomic E-state index is 0.0601. The van der Waals surface area contributed by atoms with Crippen molar-refractivity contribution in [1.82, 2.24) is 20.5 Å². The van der Waals surface area contributed by atoms with Gasteiger partial charge in [-0.05, 0) is 50.5 Å². The van der Waals surface area contributed by atoms with E-state index in [9.17, 15) is 4.79 Å². The number of hydrogen-bond donors (Lipinski definition) is 2. The molecule has 2 N–H and O–H groups in total. The molecule has 142 valence electrons. The molecule has 1 aliphatic heterocycles. The Hall–Kier alpha value is -2.32. The number of thioether (sulfide) groups is 1. The van der Waals surface area contributed by atoms with Gasteiger partial charge in [-0.1, -0.05) is 11.8 Å². The molecule has 0 saturated carbocycles. The van der Waals surface area contributed by atoms with Crippen molar-refractivity contribution in [2.45, 2.75) is 38.0 Å². The fraction of sp³-hybridized carbons (Fsp3) is 0.421. The molecule has 1 atom stereocenters. The lowest BCUT2D eigenvalue weighted by atomic mass is 10.1. The molecule has 7 nitrogen and oxygen atoms in total. The Kier molecular flexibility index (Phi) is 5.18. The van der Waals surface area contributed by atoms with Gasteiger partial charge in [-0.15, -0.1) is 10.2 Å². The summed E-state index contributed by atoms with van der Waals surface area (Å²) < 4.78 is 11.2. The number of aromatic nitrogens is 3. The summed E-state index contributed by atoms with van der Waals surface area (Å²) in [5.74, 6) is 0.635. The summed E-state index contributed by atoms with van der Waals surface area (Å²) in [6.07, 6.45) is 2.21. The Labute approximate surface area is 161 Å². The first-order valence-electron chi connectivity index (χ1n) is 9.04. The fourth-order valence-corrected chi connectivity index (χ4v) is 3.78. The van der Waals surface area contributed by atoms with E-state index in [1.54, 1.807) is 0 Å². The van der Waals surface area contributed by atoms with Crippen LogP contribution >= 0.6 is 11.8 Å². The van der Waals surface area contributed by atoms with Crippen LogP contribution in [0.15, 0.2) is 27.8 Å². The highest BCUT2D eigenvalue weighted by atomic mass is 32.2. The van der Waals surface area contributed by atoms with E-state index in [1.165, 1.54) is 17.3 Å². The maximum atomic E-state index is 12.0. The van der Waals surface area contributed by atoms with Gasteiger partial charge < -0.3 is 19.5 Å². The standard InChI is InChI=1S/C19H22N4O3S/c1-11-12(2)21-16-6-5-13(8-15(11)16)18-22-23-19(26-18)27-10-17(24)20-9-14-4-3-7-25-14/h5-6,8,14,21H,3-4,7,9-10H2,1-2H3,(H,20,24)/t14-/m1/s1. The molecular weight excluding hydrogens is 364 g/mol. The van der Waals surface area contributed by atoms with Crippen LogP contribution in [0.1, 0.15) is 24.1 Å². The molecule has 1 aliphatic rings. The molecule has 2 aromatic heterocycles. The molecule has 0 unspecified atom stereocenters. The molecule has 1 amide bonds. The lowest BCUT2D eigenvalue weighted by Gasteiger charge is -2.09. The van der Waals surface area contributed by atoms with Gasteiger partial charge in [0, 0.05) is 35.3 Å². The van der Waals surface area contributed by atoms with Crippen LogP contribution in [0.25, 0.3) is 22.4 Å². The van der Waals surface area contributed by atoms with Crippen molar-refractivity contribution in [3.8, 4) is 11.5 Å². The van der Waals surface area contributed by atoms with Crippen molar-refractivity contribution in [3.63, 3.8) is 0 Å². The second-order valence-corrected chi connectivity index (χ2v) is 7.66. The predicted molar refractivity (Wildman–Crippen MR) is 104 cm³/mol. The Balaban J connectivity index is 1.36. The quantitative estimate of drug-likeness (QED) is 0.632. The van der Waals surface area contributed by atoms with Crippen LogP contribution in [0.4, 0.5) is 0 Å². The number of rotatable bonds is 6. The first-order valence-corrected chi connectivity index (χ1v) is 10.0. The van der Waals surface area contributed by atoms with Crippen molar-refractivity contribution < 1.29 is 13.9 Å². The summed E-state index contributed by atoms with van der Waals surface area (Å²) >= 11 is 1.24. The van der Waals surface area contributed by atoms with E-state index in [2.05, 4.69) is 34.3 Å². The first-order chi connectivity index (χ1) is 13.1. The lowest BCUT2D eigenvalue weighted by Crippen LogP contribution is -2.32. The average molecular weight is 386 g/mol. The molecule has 1 fully saturated rings. The number of aryl methyl sites for hydroxylation is 2. The van der Waals surface area contributed by atoms with Gasteiger partial charge in [0.25, 0.3) is 5.22 Å². The summed E-state index contributed by atoms with van der Waals surface area (Å²) in [4.78, 5) is 15.3. The molecule has 4 rings (SSSR count). The highest BCUT2D eigenvalue weighted by Gasteiger charge is 2.17. The van der Waals surface area contributed by atoms with Gasteiger partial charge in [-0.25, -0.2) is 0 Å². The Bertz CT molecular complexity index is 959. The third kappa shape index (κ3) is 4.01. The van der Waals surface area contributed by atoms with E-state index < -0.39 is 0 Å². The van der Waals surface area contributed by atoms with E-state index in [0.717, 1.165) is 41.6 Å². The van der Waals surface area contributed by atoms with Crippen molar-refractivity contribution >= 4 is 28.6 Å². The van der Waals surface area contributed by atoms with E-state index in [0.29, 0.717) is 17.7 Å².